The summed E-state index contributed by atoms with van der Waals surface area (Å²) in [6.45, 7) is 4.67. The predicted molar refractivity (Wildman–Crippen MR) is 75.5 cm³/mol. The van der Waals surface area contributed by atoms with Crippen molar-refractivity contribution in [1.29, 1.82) is 0 Å². The van der Waals surface area contributed by atoms with Crippen molar-refractivity contribution in [3.63, 3.8) is 0 Å². The van der Waals surface area contributed by atoms with Gasteiger partial charge in [-0.1, -0.05) is 46.3 Å². The molecule has 0 aliphatic rings. The first kappa shape index (κ1) is 14.2. The third-order valence-electron chi connectivity index (χ3n) is 2.91. The molecule has 0 aliphatic heterocycles. The highest BCUT2D eigenvalue weighted by Gasteiger charge is 2.28. The van der Waals surface area contributed by atoms with Crippen molar-refractivity contribution >= 4 is 21.8 Å². The molecular formula is C14H20BrNO. The number of benzene rings is 1. The second-order valence-electron chi connectivity index (χ2n) is 4.64. The Morgan fingerprint density at radius 1 is 1.24 bits per heavy atom. The SMILES string of the molecule is CC(C)(C(=O)NCCCCBr)c1ccccc1. The van der Waals surface area contributed by atoms with Crippen LogP contribution in [0.1, 0.15) is 32.3 Å². The van der Waals surface area contributed by atoms with E-state index in [-0.39, 0.29) is 5.91 Å². The molecule has 1 amide bonds. The molecule has 0 saturated carbocycles. The number of unbranched alkanes of at least 4 members (excludes halogenated alkanes) is 1. The third-order valence-corrected chi connectivity index (χ3v) is 3.47. The van der Waals surface area contributed by atoms with Gasteiger partial charge in [-0.15, -0.1) is 0 Å². The van der Waals surface area contributed by atoms with Gasteiger partial charge in [-0.2, -0.15) is 0 Å². The van der Waals surface area contributed by atoms with Crippen LogP contribution in [0.2, 0.25) is 0 Å². The number of carbonyl (C=O) groups excluding carboxylic acids is 1. The zero-order valence-electron chi connectivity index (χ0n) is 10.5. The number of rotatable bonds is 6. The van der Waals surface area contributed by atoms with E-state index in [2.05, 4.69) is 21.2 Å². The molecular weight excluding hydrogens is 278 g/mol. The summed E-state index contributed by atoms with van der Waals surface area (Å²) < 4.78 is 0. The smallest absolute Gasteiger partial charge is 0.230 e. The van der Waals surface area contributed by atoms with Gasteiger partial charge in [0.1, 0.15) is 0 Å². The normalized spacial score (nSPS) is 11.2. The zero-order chi connectivity index (χ0) is 12.7. The van der Waals surface area contributed by atoms with E-state index < -0.39 is 5.41 Å². The molecule has 1 rings (SSSR count). The summed E-state index contributed by atoms with van der Waals surface area (Å²) in [7, 11) is 0. The summed E-state index contributed by atoms with van der Waals surface area (Å²) in [5, 5.41) is 3.99. The molecule has 94 valence electrons. The van der Waals surface area contributed by atoms with Crippen molar-refractivity contribution in [3.8, 4) is 0 Å². The lowest BCUT2D eigenvalue weighted by Crippen LogP contribution is -2.40. The first-order valence-electron chi connectivity index (χ1n) is 5.99. The predicted octanol–water partition coefficient (Wildman–Crippen LogP) is 3.26. The Morgan fingerprint density at radius 2 is 1.88 bits per heavy atom. The minimum atomic E-state index is -0.463. The number of hydrogen-bond acceptors (Lipinski definition) is 1. The number of carbonyl (C=O) groups is 1. The van der Waals surface area contributed by atoms with E-state index in [9.17, 15) is 4.79 Å². The lowest BCUT2D eigenvalue weighted by Gasteiger charge is -2.24. The molecule has 0 unspecified atom stereocenters. The molecule has 17 heavy (non-hydrogen) atoms. The van der Waals surface area contributed by atoms with Crippen molar-refractivity contribution in [2.45, 2.75) is 32.1 Å². The Balaban J connectivity index is 2.55. The third kappa shape index (κ3) is 4.15. The molecule has 1 aromatic carbocycles. The van der Waals surface area contributed by atoms with Crippen LogP contribution in [0, 0.1) is 0 Å². The summed E-state index contributed by atoms with van der Waals surface area (Å²) in [5.74, 6) is 0.0956. The molecule has 0 saturated heterocycles. The maximum Gasteiger partial charge on any atom is 0.230 e. The van der Waals surface area contributed by atoms with Gasteiger partial charge in [0.2, 0.25) is 5.91 Å². The Kier molecular flexibility index (Phi) is 5.69. The maximum absolute atomic E-state index is 12.1. The van der Waals surface area contributed by atoms with Crippen molar-refractivity contribution < 1.29 is 4.79 Å². The molecule has 2 nitrogen and oxygen atoms in total. The quantitative estimate of drug-likeness (QED) is 0.634. The number of amides is 1. The average Bonchev–Trinajstić information content (AvgIpc) is 2.35. The minimum Gasteiger partial charge on any atom is -0.355 e. The summed E-state index contributed by atoms with van der Waals surface area (Å²) in [5.41, 5.74) is 0.591. The molecule has 0 heterocycles. The fraction of sp³-hybridized carbons (Fsp3) is 0.500. The molecule has 0 bridgehead atoms. The van der Waals surface area contributed by atoms with Crippen LogP contribution in [0.3, 0.4) is 0 Å². The minimum absolute atomic E-state index is 0.0956. The van der Waals surface area contributed by atoms with Crippen molar-refractivity contribution in [2.24, 2.45) is 0 Å². The average molecular weight is 298 g/mol. The van der Waals surface area contributed by atoms with Crippen LogP contribution in [0.25, 0.3) is 0 Å². The van der Waals surface area contributed by atoms with Gasteiger partial charge in [0, 0.05) is 11.9 Å². The molecule has 0 atom stereocenters. The van der Waals surface area contributed by atoms with Gasteiger partial charge >= 0.3 is 0 Å². The highest BCUT2D eigenvalue weighted by Crippen LogP contribution is 2.22. The van der Waals surface area contributed by atoms with Crippen molar-refractivity contribution in [1.82, 2.24) is 5.32 Å². The standard InChI is InChI=1S/C14H20BrNO/c1-14(2,12-8-4-3-5-9-12)13(17)16-11-7-6-10-15/h3-5,8-9H,6-7,10-11H2,1-2H3,(H,16,17). The van der Waals surface area contributed by atoms with Gasteiger partial charge in [0.25, 0.3) is 0 Å². The van der Waals surface area contributed by atoms with Gasteiger partial charge < -0.3 is 5.32 Å². The fourth-order valence-electron chi connectivity index (χ4n) is 1.63. The zero-order valence-corrected chi connectivity index (χ0v) is 12.1. The van der Waals surface area contributed by atoms with E-state index in [1.807, 2.05) is 44.2 Å². The van der Waals surface area contributed by atoms with E-state index in [0.29, 0.717) is 0 Å². The summed E-state index contributed by atoms with van der Waals surface area (Å²) in [6.07, 6.45) is 2.11. The Bertz CT molecular complexity index is 348. The second kappa shape index (κ2) is 6.80. The van der Waals surface area contributed by atoms with E-state index >= 15 is 0 Å². The highest BCUT2D eigenvalue weighted by molar-refractivity contribution is 9.09. The van der Waals surface area contributed by atoms with Gasteiger partial charge in [-0.05, 0) is 32.3 Å². The molecule has 0 fully saturated rings. The van der Waals surface area contributed by atoms with Crippen molar-refractivity contribution in [3.05, 3.63) is 35.9 Å². The lowest BCUT2D eigenvalue weighted by atomic mass is 9.84. The van der Waals surface area contributed by atoms with Crippen LogP contribution in [0.15, 0.2) is 30.3 Å². The molecule has 0 aliphatic carbocycles. The Morgan fingerprint density at radius 3 is 2.47 bits per heavy atom. The fourth-order valence-corrected chi connectivity index (χ4v) is 2.02. The monoisotopic (exact) mass is 297 g/mol. The van der Waals surface area contributed by atoms with E-state index in [4.69, 9.17) is 0 Å². The second-order valence-corrected chi connectivity index (χ2v) is 5.44. The number of halogens is 1. The van der Waals surface area contributed by atoms with Crippen LogP contribution >= 0.6 is 15.9 Å². The highest BCUT2D eigenvalue weighted by atomic mass is 79.9. The molecule has 1 N–H and O–H groups in total. The maximum atomic E-state index is 12.1. The number of nitrogens with one attached hydrogen (secondary N) is 1. The number of hydrogen-bond donors (Lipinski definition) is 1. The van der Waals surface area contributed by atoms with Gasteiger partial charge in [0.15, 0.2) is 0 Å². The van der Waals surface area contributed by atoms with Gasteiger partial charge in [0.05, 0.1) is 5.41 Å². The van der Waals surface area contributed by atoms with Gasteiger partial charge in [-0.25, -0.2) is 0 Å². The topological polar surface area (TPSA) is 29.1 Å². The van der Waals surface area contributed by atoms with Crippen LogP contribution in [0.4, 0.5) is 0 Å². The molecule has 0 aromatic heterocycles. The van der Waals surface area contributed by atoms with Crippen molar-refractivity contribution in [2.75, 3.05) is 11.9 Å². The van der Waals surface area contributed by atoms with Gasteiger partial charge in [-0.3, -0.25) is 4.79 Å². The Labute approximate surface area is 112 Å². The van der Waals surface area contributed by atoms with Crippen LogP contribution in [-0.4, -0.2) is 17.8 Å². The molecule has 0 spiro atoms. The molecule has 3 heteroatoms. The van der Waals surface area contributed by atoms with Crippen LogP contribution < -0.4 is 5.32 Å². The summed E-state index contributed by atoms with van der Waals surface area (Å²) >= 11 is 3.38. The first-order chi connectivity index (χ1) is 8.09. The largest absolute Gasteiger partial charge is 0.355 e. The summed E-state index contributed by atoms with van der Waals surface area (Å²) in [4.78, 5) is 12.1. The molecule has 1 aromatic rings. The van der Waals surface area contributed by atoms with E-state index in [0.717, 1.165) is 30.3 Å². The number of alkyl halides is 1. The lowest BCUT2D eigenvalue weighted by molar-refractivity contribution is -0.125. The molecule has 0 radical (unpaired) electrons. The van der Waals surface area contributed by atoms with E-state index in [1.165, 1.54) is 0 Å². The van der Waals surface area contributed by atoms with Crippen LogP contribution in [-0.2, 0) is 10.2 Å². The first-order valence-corrected chi connectivity index (χ1v) is 7.11. The summed E-state index contributed by atoms with van der Waals surface area (Å²) in [6, 6.07) is 9.90. The Hall–Kier alpha value is -0.830. The van der Waals surface area contributed by atoms with E-state index in [1.54, 1.807) is 0 Å². The van der Waals surface area contributed by atoms with Crippen LogP contribution in [0.5, 0.6) is 0 Å².